The summed E-state index contributed by atoms with van der Waals surface area (Å²) in [5.74, 6) is -1.56. The van der Waals surface area contributed by atoms with Gasteiger partial charge < -0.3 is 9.84 Å². The fourth-order valence-electron chi connectivity index (χ4n) is 3.90. The average molecular weight is 444 g/mol. The Morgan fingerprint density at radius 2 is 1.73 bits per heavy atom. The Morgan fingerprint density at radius 1 is 1.03 bits per heavy atom. The van der Waals surface area contributed by atoms with Crippen LogP contribution in [0.3, 0.4) is 0 Å². The van der Waals surface area contributed by atoms with E-state index in [4.69, 9.17) is 4.74 Å². The van der Waals surface area contributed by atoms with Crippen molar-refractivity contribution in [2.24, 2.45) is 0 Å². The zero-order valence-electron chi connectivity index (χ0n) is 17.9. The highest BCUT2D eigenvalue weighted by molar-refractivity contribution is 6.51. The highest BCUT2D eigenvalue weighted by atomic mass is 16.6. The van der Waals surface area contributed by atoms with Crippen LogP contribution in [0.25, 0.3) is 5.76 Å². The van der Waals surface area contributed by atoms with Gasteiger partial charge in [-0.1, -0.05) is 36.4 Å². The van der Waals surface area contributed by atoms with Gasteiger partial charge in [-0.3, -0.25) is 24.6 Å². The summed E-state index contributed by atoms with van der Waals surface area (Å²) in [7, 11) is 1.52. The minimum atomic E-state index is -0.933. The molecular weight excluding hydrogens is 424 g/mol. The number of Topliss-reactive ketones (excluding diaryl/α,β-unsaturated/α-hetero) is 1. The summed E-state index contributed by atoms with van der Waals surface area (Å²) in [6, 6.07) is 18.3. The summed E-state index contributed by atoms with van der Waals surface area (Å²) in [5.41, 5.74) is 1.64. The maximum atomic E-state index is 13.1. The predicted octanol–water partition coefficient (Wildman–Crippen LogP) is 4.54. The zero-order chi connectivity index (χ0) is 23.7. The molecule has 1 N–H and O–H groups in total. The molecule has 0 saturated carbocycles. The lowest BCUT2D eigenvalue weighted by molar-refractivity contribution is -0.384. The molecule has 1 saturated heterocycles. The van der Waals surface area contributed by atoms with E-state index in [-0.39, 0.29) is 16.8 Å². The second-order valence-corrected chi connectivity index (χ2v) is 7.59. The van der Waals surface area contributed by atoms with Crippen LogP contribution in [-0.4, -0.2) is 28.8 Å². The lowest BCUT2D eigenvalue weighted by atomic mass is 9.95. The molecule has 0 aromatic heterocycles. The molecule has 1 aliphatic heterocycles. The number of methoxy groups -OCH3 is 1. The Hall–Kier alpha value is -4.46. The predicted molar refractivity (Wildman–Crippen MR) is 122 cm³/mol. The van der Waals surface area contributed by atoms with Crippen LogP contribution in [0.4, 0.5) is 11.4 Å². The molecule has 8 nitrogen and oxygen atoms in total. The van der Waals surface area contributed by atoms with Crippen LogP contribution in [0.1, 0.15) is 22.7 Å². The number of ketones is 1. The molecule has 1 heterocycles. The van der Waals surface area contributed by atoms with Crippen molar-refractivity contribution in [1.29, 1.82) is 0 Å². The van der Waals surface area contributed by atoms with Gasteiger partial charge in [0.15, 0.2) is 0 Å². The molecule has 0 aliphatic carbocycles. The van der Waals surface area contributed by atoms with Gasteiger partial charge in [-0.25, -0.2) is 0 Å². The number of hydrogen-bond donors (Lipinski definition) is 1. The van der Waals surface area contributed by atoms with Crippen molar-refractivity contribution in [2.45, 2.75) is 13.0 Å². The van der Waals surface area contributed by atoms with Crippen LogP contribution in [0.15, 0.2) is 78.4 Å². The lowest BCUT2D eigenvalue weighted by Crippen LogP contribution is -2.29. The number of non-ortho nitro benzene ring substituents is 1. The van der Waals surface area contributed by atoms with Gasteiger partial charge in [0.05, 0.1) is 23.6 Å². The molecule has 33 heavy (non-hydrogen) atoms. The molecule has 1 amide bonds. The van der Waals surface area contributed by atoms with Crippen LogP contribution in [0.2, 0.25) is 0 Å². The van der Waals surface area contributed by atoms with Crippen molar-refractivity contribution < 1.29 is 24.4 Å². The number of nitro groups is 1. The van der Waals surface area contributed by atoms with E-state index in [2.05, 4.69) is 0 Å². The number of amides is 1. The van der Waals surface area contributed by atoms with Crippen LogP contribution in [0.5, 0.6) is 5.75 Å². The summed E-state index contributed by atoms with van der Waals surface area (Å²) in [4.78, 5) is 38.2. The Balaban J connectivity index is 1.94. The number of ether oxygens (including phenoxy) is 1. The number of carbonyl (C=O) groups is 2. The third-order valence-corrected chi connectivity index (χ3v) is 5.49. The number of anilines is 1. The summed E-state index contributed by atoms with van der Waals surface area (Å²) in [5, 5.41) is 22.3. The van der Waals surface area contributed by atoms with Crippen LogP contribution < -0.4 is 9.64 Å². The number of nitro benzene ring substituents is 1. The summed E-state index contributed by atoms with van der Waals surface area (Å²) in [6.07, 6.45) is 0. The van der Waals surface area contributed by atoms with Gasteiger partial charge in [0.1, 0.15) is 11.5 Å². The second kappa shape index (κ2) is 8.58. The van der Waals surface area contributed by atoms with E-state index >= 15 is 0 Å². The van der Waals surface area contributed by atoms with E-state index in [1.807, 2.05) is 13.0 Å². The van der Waals surface area contributed by atoms with Gasteiger partial charge in [-0.15, -0.1) is 0 Å². The topological polar surface area (TPSA) is 110 Å². The lowest BCUT2D eigenvalue weighted by Gasteiger charge is -2.26. The molecule has 1 aliphatic rings. The van der Waals surface area contributed by atoms with Gasteiger partial charge >= 0.3 is 0 Å². The van der Waals surface area contributed by atoms with E-state index in [9.17, 15) is 24.8 Å². The average Bonchev–Trinajstić information content (AvgIpc) is 3.09. The third kappa shape index (κ3) is 3.94. The van der Waals surface area contributed by atoms with Crippen molar-refractivity contribution in [1.82, 2.24) is 0 Å². The minimum absolute atomic E-state index is 0.0740. The maximum Gasteiger partial charge on any atom is 0.300 e. The molecule has 3 aromatic carbocycles. The molecule has 1 unspecified atom stereocenters. The smallest absolute Gasteiger partial charge is 0.300 e. The van der Waals surface area contributed by atoms with Crippen molar-refractivity contribution in [3.63, 3.8) is 0 Å². The van der Waals surface area contributed by atoms with Crippen molar-refractivity contribution >= 4 is 28.8 Å². The fraction of sp³-hybridized carbons (Fsp3) is 0.120. The molecule has 0 bridgehead atoms. The molecule has 3 aromatic rings. The Bertz CT molecular complexity index is 1300. The molecule has 1 atom stereocenters. The molecular formula is C25H20N2O6. The Labute approximate surface area is 189 Å². The summed E-state index contributed by atoms with van der Waals surface area (Å²) < 4.78 is 5.21. The van der Waals surface area contributed by atoms with Crippen molar-refractivity contribution in [3.8, 4) is 5.75 Å². The van der Waals surface area contributed by atoms with Crippen molar-refractivity contribution in [3.05, 3.63) is 105 Å². The Morgan fingerprint density at radius 3 is 2.36 bits per heavy atom. The van der Waals surface area contributed by atoms with Crippen LogP contribution in [-0.2, 0) is 9.59 Å². The number of benzene rings is 3. The van der Waals surface area contributed by atoms with E-state index < -0.39 is 28.4 Å². The second-order valence-electron chi connectivity index (χ2n) is 7.59. The number of nitrogens with zero attached hydrogens (tertiary/aromatic N) is 2. The number of aliphatic hydroxyl groups is 1. The van der Waals surface area contributed by atoms with Gasteiger partial charge in [0, 0.05) is 23.4 Å². The zero-order valence-corrected chi connectivity index (χ0v) is 17.9. The first-order valence-electron chi connectivity index (χ1n) is 10.1. The standard InChI is InChI=1S/C25H20N2O6/c1-15-5-3-7-18(13-15)26-22(16-9-11-20(33-2)12-10-16)21(24(29)25(26)30)23(28)17-6-4-8-19(14-17)27(31)32/h3-14,22,28H,1-2H3/b23-21-. The molecule has 166 valence electrons. The van der Waals surface area contributed by atoms with E-state index in [1.54, 1.807) is 42.5 Å². The SMILES string of the molecule is COc1ccc(C2/C(=C(/O)c3cccc([N+](=O)[O-])c3)C(=O)C(=O)N2c2cccc(C)c2)cc1. The number of aliphatic hydroxyl groups excluding tert-OH is 1. The first-order valence-corrected chi connectivity index (χ1v) is 10.1. The van der Waals surface area contributed by atoms with E-state index in [1.165, 1.54) is 36.3 Å². The quantitative estimate of drug-likeness (QED) is 0.203. The normalized spacial score (nSPS) is 17.3. The first kappa shape index (κ1) is 21.8. The van der Waals surface area contributed by atoms with Gasteiger partial charge in [0.25, 0.3) is 17.4 Å². The van der Waals surface area contributed by atoms with Gasteiger partial charge in [-0.2, -0.15) is 0 Å². The van der Waals surface area contributed by atoms with E-state index in [0.29, 0.717) is 17.0 Å². The number of rotatable bonds is 5. The highest BCUT2D eigenvalue weighted by Crippen LogP contribution is 2.42. The molecule has 0 spiro atoms. The largest absolute Gasteiger partial charge is 0.507 e. The molecule has 0 radical (unpaired) electrons. The summed E-state index contributed by atoms with van der Waals surface area (Å²) >= 11 is 0. The van der Waals surface area contributed by atoms with E-state index in [0.717, 1.165) is 5.56 Å². The monoisotopic (exact) mass is 444 g/mol. The highest BCUT2D eigenvalue weighted by Gasteiger charge is 2.47. The number of aryl methyl sites for hydroxylation is 1. The molecule has 8 heteroatoms. The molecule has 1 fully saturated rings. The Kier molecular flexibility index (Phi) is 5.66. The minimum Gasteiger partial charge on any atom is -0.507 e. The van der Waals surface area contributed by atoms with Gasteiger partial charge in [-0.05, 0) is 42.3 Å². The van der Waals surface area contributed by atoms with Crippen molar-refractivity contribution in [2.75, 3.05) is 12.0 Å². The summed E-state index contributed by atoms with van der Waals surface area (Å²) in [6.45, 7) is 1.87. The number of carbonyl (C=O) groups excluding carboxylic acids is 2. The van der Waals surface area contributed by atoms with Crippen LogP contribution >= 0.6 is 0 Å². The third-order valence-electron chi connectivity index (χ3n) is 5.49. The fourth-order valence-corrected chi connectivity index (χ4v) is 3.90. The number of hydrogen-bond acceptors (Lipinski definition) is 6. The maximum absolute atomic E-state index is 13.1. The van der Waals surface area contributed by atoms with Crippen LogP contribution in [0, 0.1) is 17.0 Å². The first-order chi connectivity index (χ1) is 15.8. The van der Waals surface area contributed by atoms with Gasteiger partial charge in [0.2, 0.25) is 0 Å². The molecule has 4 rings (SSSR count).